The molecule has 0 radical (unpaired) electrons. The third-order valence-corrected chi connectivity index (χ3v) is 3.20. The van der Waals surface area contributed by atoms with Crippen molar-refractivity contribution in [2.24, 2.45) is 4.99 Å². The number of H-pyrrole nitrogens is 1. The lowest BCUT2D eigenvalue weighted by atomic mass is 10.2. The number of nitrogens with one attached hydrogen (secondary N) is 1. The first-order valence-corrected chi connectivity index (χ1v) is 6.36. The van der Waals surface area contributed by atoms with E-state index in [9.17, 15) is 9.50 Å². The first-order chi connectivity index (χ1) is 10.2. The van der Waals surface area contributed by atoms with E-state index in [1.807, 2.05) is 12.1 Å². The summed E-state index contributed by atoms with van der Waals surface area (Å²) in [7, 11) is 1.56. The Bertz CT molecular complexity index is 824. The van der Waals surface area contributed by atoms with Gasteiger partial charge in [0.05, 0.1) is 12.7 Å². The van der Waals surface area contributed by atoms with Gasteiger partial charge in [-0.2, -0.15) is 0 Å². The molecule has 5 heteroatoms. The minimum absolute atomic E-state index is 0.0470. The van der Waals surface area contributed by atoms with Crippen LogP contribution in [0.25, 0.3) is 10.9 Å². The highest BCUT2D eigenvalue weighted by molar-refractivity contribution is 6.02. The molecule has 0 atom stereocenters. The van der Waals surface area contributed by atoms with Crippen LogP contribution in [0.5, 0.6) is 11.6 Å². The van der Waals surface area contributed by atoms with Crippen molar-refractivity contribution < 1.29 is 14.2 Å². The third kappa shape index (κ3) is 2.45. The molecule has 0 amide bonds. The van der Waals surface area contributed by atoms with Crippen molar-refractivity contribution in [2.75, 3.05) is 7.11 Å². The topological polar surface area (TPSA) is 57.6 Å². The fourth-order valence-corrected chi connectivity index (χ4v) is 2.17. The molecule has 3 aromatic rings. The van der Waals surface area contributed by atoms with Gasteiger partial charge in [0.15, 0.2) is 5.88 Å². The number of fused-ring (bicyclic) bond motifs is 1. The van der Waals surface area contributed by atoms with Crippen molar-refractivity contribution in [2.45, 2.75) is 0 Å². The third-order valence-electron chi connectivity index (χ3n) is 3.20. The number of para-hydroxylation sites is 2. The molecule has 0 aliphatic heterocycles. The number of benzene rings is 2. The molecular weight excluding hydrogens is 271 g/mol. The van der Waals surface area contributed by atoms with Crippen molar-refractivity contribution in [1.82, 2.24) is 4.98 Å². The van der Waals surface area contributed by atoms with Crippen LogP contribution in [0.1, 0.15) is 5.56 Å². The number of aromatic amines is 1. The van der Waals surface area contributed by atoms with Gasteiger partial charge in [0, 0.05) is 17.1 Å². The highest BCUT2D eigenvalue weighted by Crippen LogP contribution is 2.29. The fraction of sp³-hybridized carbons (Fsp3) is 0.0625. The highest BCUT2D eigenvalue weighted by atomic mass is 19.1. The zero-order chi connectivity index (χ0) is 14.8. The Kier molecular flexibility index (Phi) is 3.31. The normalized spacial score (nSPS) is 11.3. The molecule has 0 aliphatic rings. The van der Waals surface area contributed by atoms with Crippen LogP contribution in [0.2, 0.25) is 0 Å². The van der Waals surface area contributed by atoms with Crippen LogP contribution in [0.3, 0.4) is 0 Å². The zero-order valence-corrected chi connectivity index (χ0v) is 11.3. The molecular formula is C16H13FN2O2. The number of hydrogen-bond donors (Lipinski definition) is 2. The number of ether oxygens (including phenoxy) is 1. The van der Waals surface area contributed by atoms with Gasteiger partial charge in [-0.3, -0.25) is 4.99 Å². The van der Waals surface area contributed by atoms with Gasteiger partial charge in [-0.1, -0.05) is 12.1 Å². The summed E-state index contributed by atoms with van der Waals surface area (Å²) in [5.41, 5.74) is 1.72. The summed E-state index contributed by atoms with van der Waals surface area (Å²) in [4.78, 5) is 7.09. The Hall–Kier alpha value is -2.82. The summed E-state index contributed by atoms with van der Waals surface area (Å²) >= 11 is 0. The van der Waals surface area contributed by atoms with E-state index in [-0.39, 0.29) is 11.7 Å². The van der Waals surface area contributed by atoms with Gasteiger partial charge in [-0.25, -0.2) is 4.39 Å². The molecule has 2 N–H and O–H groups in total. The quantitative estimate of drug-likeness (QED) is 0.719. The average molecular weight is 284 g/mol. The van der Waals surface area contributed by atoms with Gasteiger partial charge >= 0.3 is 0 Å². The number of aromatic nitrogens is 1. The lowest BCUT2D eigenvalue weighted by Gasteiger charge is -2.02. The Morgan fingerprint density at radius 1 is 1.24 bits per heavy atom. The zero-order valence-electron chi connectivity index (χ0n) is 11.3. The van der Waals surface area contributed by atoms with Crippen LogP contribution >= 0.6 is 0 Å². The maximum atomic E-state index is 13.3. The van der Waals surface area contributed by atoms with Crippen LogP contribution in [-0.4, -0.2) is 23.4 Å². The van der Waals surface area contributed by atoms with Crippen LogP contribution in [0, 0.1) is 5.82 Å². The van der Waals surface area contributed by atoms with Gasteiger partial charge < -0.3 is 14.8 Å². The molecule has 0 spiro atoms. The molecule has 4 nitrogen and oxygen atoms in total. The number of nitrogens with zero attached hydrogens (tertiary/aromatic N) is 1. The predicted molar refractivity (Wildman–Crippen MR) is 80.2 cm³/mol. The molecule has 106 valence electrons. The summed E-state index contributed by atoms with van der Waals surface area (Å²) in [6, 6.07) is 11.5. The molecule has 2 aromatic carbocycles. The van der Waals surface area contributed by atoms with E-state index in [0.717, 1.165) is 0 Å². The summed E-state index contributed by atoms with van der Waals surface area (Å²) in [6.45, 7) is 0. The van der Waals surface area contributed by atoms with E-state index < -0.39 is 0 Å². The van der Waals surface area contributed by atoms with Crippen molar-refractivity contribution in [1.29, 1.82) is 0 Å². The Labute approximate surface area is 120 Å². The first kappa shape index (κ1) is 13.2. The Morgan fingerprint density at radius 2 is 2.05 bits per heavy atom. The number of halogens is 1. The number of hydrogen-bond acceptors (Lipinski definition) is 3. The maximum Gasteiger partial charge on any atom is 0.198 e. The average Bonchev–Trinajstić information content (AvgIpc) is 2.80. The van der Waals surface area contributed by atoms with Gasteiger partial charge in [0.1, 0.15) is 17.3 Å². The lowest BCUT2D eigenvalue weighted by molar-refractivity contribution is 0.416. The van der Waals surface area contributed by atoms with E-state index in [1.165, 1.54) is 18.3 Å². The molecule has 0 unspecified atom stereocenters. The Balaban J connectivity index is 2.07. The van der Waals surface area contributed by atoms with Crippen LogP contribution in [0.4, 0.5) is 10.1 Å². The smallest absolute Gasteiger partial charge is 0.198 e. The molecule has 1 aromatic heterocycles. The summed E-state index contributed by atoms with van der Waals surface area (Å²) < 4.78 is 18.6. The molecule has 0 saturated carbocycles. The summed E-state index contributed by atoms with van der Waals surface area (Å²) in [5.74, 6) is 0.210. The second-order valence-electron chi connectivity index (χ2n) is 4.51. The SMILES string of the molecule is COc1ccccc1N=Cc1c(O)[nH]c2ccc(F)cc12. The van der Waals surface area contributed by atoms with Gasteiger partial charge in [0.2, 0.25) is 0 Å². The predicted octanol–water partition coefficient (Wildman–Crippen LogP) is 3.77. The van der Waals surface area contributed by atoms with Crippen molar-refractivity contribution in [3.63, 3.8) is 0 Å². The van der Waals surface area contributed by atoms with E-state index in [1.54, 1.807) is 25.3 Å². The second-order valence-corrected chi connectivity index (χ2v) is 4.51. The van der Waals surface area contributed by atoms with Crippen LogP contribution in [0.15, 0.2) is 47.5 Å². The molecule has 0 saturated heterocycles. The van der Waals surface area contributed by atoms with E-state index in [0.29, 0.717) is 27.9 Å². The van der Waals surface area contributed by atoms with Crippen molar-refractivity contribution in [3.8, 4) is 11.6 Å². The van der Waals surface area contributed by atoms with Crippen molar-refractivity contribution >= 4 is 22.8 Å². The lowest BCUT2D eigenvalue weighted by Crippen LogP contribution is -1.84. The number of aliphatic imine (C=N–C) groups is 1. The van der Waals surface area contributed by atoms with E-state index >= 15 is 0 Å². The standard InChI is InChI=1S/C16H13FN2O2/c1-21-15-5-3-2-4-14(15)18-9-12-11-8-10(17)6-7-13(11)19-16(12)20/h2-9,19-20H,1H3. The number of aromatic hydroxyl groups is 1. The van der Waals surface area contributed by atoms with E-state index in [2.05, 4.69) is 9.98 Å². The maximum absolute atomic E-state index is 13.3. The van der Waals surface area contributed by atoms with Crippen LogP contribution in [-0.2, 0) is 0 Å². The highest BCUT2D eigenvalue weighted by Gasteiger charge is 2.10. The molecule has 0 aliphatic carbocycles. The monoisotopic (exact) mass is 284 g/mol. The van der Waals surface area contributed by atoms with E-state index in [4.69, 9.17) is 4.74 Å². The minimum Gasteiger partial charge on any atom is -0.494 e. The van der Waals surface area contributed by atoms with Gasteiger partial charge in [0.25, 0.3) is 0 Å². The van der Waals surface area contributed by atoms with Gasteiger partial charge in [-0.05, 0) is 30.3 Å². The van der Waals surface area contributed by atoms with Crippen LogP contribution < -0.4 is 4.74 Å². The summed E-state index contributed by atoms with van der Waals surface area (Å²) in [5, 5.41) is 10.5. The second kappa shape index (κ2) is 5.28. The van der Waals surface area contributed by atoms with Crippen molar-refractivity contribution in [3.05, 3.63) is 53.8 Å². The van der Waals surface area contributed by atoms with Gasteiger partial charge in [-0.15, -0.1) is 0 Å². The largest absolute Gasteiger partial charge is 0.494 e. The molecule has 3 rings (SSSR count). The first-order valence-electron chi connectivity index (χ1n) is 6.36. The Morgan fingerprint density at radius 3 is 2.86 bits per heavy atom. The molecule has 1 heterocycles. The molecule has 21 heavy (non-hydrogen) atoms. The minimum atomic E-state index is -0.367. The molecule has 0 fully saturated rings. The molecule has 0 bridgehead atoms. The summed E-state index contributed by atoms with van der Waals surface area (Å²) in [6.07, 6.45) is 1.49. The fourth-order valence-electron chi connectivity index (χ4n) is 2.17. The number of rotatable bonds is 3. The number of methoxy groups -OCH3 is 1.